The second-order valence-electron chi connectivity index (χ2n) is 5.19. The molecule has 1 amide bonds. The molecule has 2 rings (SSSR count). The summed E-state index contributed by atoms with van der Waals surface area (Å²) in [7, 11) is 1.58. The van der Waals surface area contributed by atoms with Gasteiger partial charge >= 0.3 is 5.97 Å². The van der Waals surface area contributed by atoms with Gasteiger partial charge < -0.3 is 14.7 Å². The van der Waals surface area contributed by atoms with Crippen molar-refractivity contribution >= 4 is 11.9 Å². The van der Waals surface area contributed by atoms with Crippen LogP contribution in [-0.2, 0) is 4.79 Å². The quantitative estimate of drug-likeness (QED) is 0.916. The van der Waals surface area contributed by atoms with Crippen molar-refractivity contribution < 1.29 is 19.4 Å². The van der Waals surface area contributed by atoms with Crippen LogP contribution < -0.4 is 4.74 Å². The van der Waals surface area contributed by atoms with Gasteiger partial charge in [0.25, 0.3) is 5.91 Å². The third-order valence-electron chi connectivity index (χ3n) is 3.85. The minimum atomic E-state index is -0.769. The van der Waals surface area contributed by atoms with Gasteiger partial charge in [0.1, 0.15) is 5.75 Å². The van der Waals surface area contributed by atoms with Crippen LogP contribution in [0.1, 0.15) is 23.7 Å². The number of ether oxygens (including phenoxy) is 1. The first-order chi connectivity index (χ1) is 9.52. The third-order valence-corrected chi connectivity index (χ3v) is 3.85. The Labute approximate surface area is 118 Å². The fourth-order valence-electron chi connectivity index (χ4n) is 2.61. The van der Waals surface area contributed by atoms with Crippen LogP contribution in [0.5, 0.6) is 5.75 Å². The van der Waals surface area contributed by atoms with Crippen LogP contribution in [0.3, 0.4) is 0 Å². The standard InChI is InChI=1S/C15H19NO4/c1-10-9-16(8-7-13(10)15(18)19)14(17)11-3-5-12(20-2)6-4-11/h3-6,10,13H,7-9H2,1-2H3,(H,18,19). The molecule has 2 atom stereocenters. The fourth-order valence-corrected chi connectivity index (χ4v) is 2.61. The van der Waals surface area contributed by atoms with Gasteiger partial charge in [-0.3, -0.25) is 9.59 Å². The summed E-state index contributed by atoms with van der Waals surface area (Å²) in [5.74, 6) is -0.491. The Balaban J connectivity index is 2.05. The lowest BCUT2D eigenvalue weighted by molar-refractivity contribution is -0.145. The Bertz CT molecular complexity index is 497. The number of likely N-dealkylation sites (tertiary alicyclic amines) is 1. The number of carboxylic acid groups (broad SMARTS) is 1. The molecule has 0 spiro atoms. The molecule has 1 aliphatic heterocycles. The molecule has 20 heavy (non-hydrogen) atoms. The van der Waals surface area contributed by atoms with Gasteiger partial charge in [0, 0.05) is 18.7 Å². The number of aliphatic carboxylic acids is 1. The van der Waals surface area contributed by atoms with Gasteiger partial charge in [-0.15, -0.1) is 0 Å². The van der Waals surface area contributed by atoms with E-state index in [0.717, 1.165) is 0 Å². The maximum atomic E-state index is 12.4. The number of rotatable bonds is 3. The summed E-state index contributed by atoms with van der Waals surface area (Å²) in [4.78, 5) is 25.2. The number of carbonyl (C=O) groups is 2. The summed E-state index contributed by atoms with van der Waals surface area (Å²) in [5.41, 5.74) is 0.603. The number of methoxy groups -OCH3 is 1. The van der Waals surface area contributed by atoms with Gasteiger partial charge in [-0.1, -0.05) is 6.92 Å². The zero-order valence-electron chi connectivity index (χ0n) is 11.7. The van der Waals surface area contributed by atoms with Crippen molar-refractivity contribution in [2.45, 2.75) is 13.3 Å². The van der Waals surface area contributed by atoms with E-state index in [2.05, 4.69) is 0 Å². The fraction of sp³-hybridized carbons (Fsp3) is 0.467. The molecule has 0 bridgehead atoms. The number of piperidine rings is 1. The Hall–Kier alpha value is -2.04. The van der Waals surface area contributed by atoms with Gasteiger partial charge in [-0.25, -0.2) is 0 Å². The molecule has 1 fully saturated rings. The Kier molecular flexibility index (Phi) is 4.27. The molecule has 108 valence electrons. The molecule has 2 unspecified atom stereocenters. The number of hydrogen-bond acceptors (Lipinski definition) is 3. The lowest BCUT2D eigenvalue weighted by atomic mass is 9.87. The van der Waals surface area contributed by atoms with Crippen LogP contribution >= 0.6 is 0 Å². The van der Waals surface area contributed by atoms with Gasteiger partial charge in [0.2, 0.25) is 0 Å². The second kappa shape index (κ2) is 5.94. The van der Waals surface area contributed by atoms with E-state index in [-0.39, 0.29) is 17.7 Å². The Morgan fingerprint density at radius 2 is 1.95 bits per heavy atom. The van der Waals surface area contributed by atoms with Crippen molar-refractivity contribution in [2.75, 3.05) is 20.2 Å². The van der Waals surface area contributed by atoms with Gasteiger partial charge in [0.15, 0.2) is 0 Å². The molecule has 1 aromatic carbocycles. The molecule has 1 aromatic rings. The second-order valence-corrected chi connectivity index (χ2v) is 5.19. The zero-order valence-corrected chi connectivity index (χ0v) is 11.7. The van der Waals surface area contributed by atoms with E-state index in [1.165, 1.54) is 0 Å². The van der Waals surface area contributed by atoms with Crippen molar-refractivity contribution in [1.29, 1.82) is 0 Å². The number of carbonyl (C=O) groups excluding carboxylic acids is 1. The van der Waals surface area contributed by atoms with Crippen molar-refractivity contribution in [3.05, 3.63) is 29.8 Å². The number of carboxylic acids is 1. The lowest BCUT2D eigenvalue weighted by Gasteiger charge is -2.35. The smallest absolute Gasteiger partial charge is 0.306 e. The predicted molar refractivity (Wildman–Crippen MR) is 73.8 cm³/mol. The maximum absolute atomic E-state index is 12.4. The number of hydrogen-bond donors (Lipinski definition) is 1. The van der Waals surface area contributed by atoms with Crippen LogP contribution in [0, 0.1) is 11.8 Å². The number of benzene rings is 1. The maximum Gasteiger partial charge on any atom is 0.306 e. The van der Waals surface area contributed by atoms with E-state index in [0.29, 0.717) is 30.8 Å². The van der Waals surface area contributed by atoms with Crippen LogP contribution in [0.2, 0.25) is 0 Å². The van der Waals surface area contributed by atoms with E-state index in [1.54, 1.807) is 36.3 Å². The van der Waals surface area contributed by atoms with Crippen molar-refractivity contribution in [3.8, 4) is 5.75 Å². The van der Waals surface area contributed by atoms with Crippen LogP contribution in [0.25, 0.3) is 0 Å². The van der Waals surface area contributed by atoms with E-state index in [1.807, 2.05) is 6.92 Å². The van der Waals surface area contributed by atoms with Crippen molar-refractivity contribution in [3.63, 3.8) is 0 Å². The topological polar surface area (TPSA) is 66.8 Å². The first-order valence-corrected chi connectivity index (χ1v) is 6.69. The molecule has 5 nitrogen and oxygen atoms in total. The highest BCUT2D eigenvalue weighted by Gasteiger charge is 2.33. The average Bonchev–Trinajstić information content (AvgIpc) is 2.46. The van der Waals surface area contributed by atoms with Gasteiger partial charge in [-0.2, -0.15) is 0 Å². The monoisotopic (exact) mass is 277 g/mol. The zero-order chi connectivity index (χ0) is 14.7. The Morgan fingerprint density at radius 3 is 2.45 bits per heavy atom. The van der Waals surface area contributed by atoms with Gasteiger partial charge in [-0.05, 0) is 36.6 Å². The molecule has 1 N–H and O–H groups in total. The van der Waals surface area contributed by atoms with E-state index < -0.39 is 5.97 Å². The van der Waals surface area contributed by atoms with Crippen molar-refractivity contribution in [2.24, 2.45) is 11.8 Å². The van der Waals surface area contributed by atoms with Crippen LogP contribution in [0.15, 0.2) is 24.3 Å². The molecule has 1 saturated heterocycles. The van der Waals surface area contributed by atoms with Crippen LogP contribution in [0.4, 0.5) is 0 Å². The third kappa shape index (κ3) is 2.92. The lowest BCUT2D eigenvalue weighted by Crippen LogP contribution is -2.44. The highest BCUT2D eigenvalue weighted by molar-refractivity contribution is 5.94. The summed E-state index contributed by atoms with van der Waals surface area (Å²) in [5, 5.41) is 9.09. The highest BCUT2D eigenvalue weighted by atomic mass is 16.5. The highest BCUT2D eigenvalue weighted by Crippen LogP contribution is 2.25. The number of nitrogens with zero attached hydrogens (tertiary/aromatic N) is 1. The molecular weight excluding hydrogens is 258 g/mol. The van der Waals surface area contributed by atoms with E-state index in [4.69, 9.17) is 9.84 Å². The summed E-state index contributed by atoms with van der Waals surface area (Å²) in [6.07, 6.45) is 0.512. The Morgan fingerprint density at radius 1 is 1.30 bits per heavy atom. The van der Waals surface area contributed by atoms with Crippen molar-refractivity contribution in [1.82, 2.24) is 4.90 Å². The molecule has 0 radical (unpaired) electrons. The number of amides is 1. The minimum absolute atomic E-state index is 0.0246. The molecule has 1 heterocycles. The minimum Gasteiger partial charge on any atom is -0.497 e. The molecule has 0 aromatic heterocycles. The first-order valence-electron chi connectivity index (χ1n) is 6.69. The SMILES string of the molecule is COc1ccc(C(=O)N2CCC(C(=O)O)C(C)C2)cc1. The summed E-state index contributed by atoms with van der Waals surface area (Å²) >= 11 is 0. The normalized spacial score (nSPS) is 22.4. The van der Waals surface area contributed by atoms with E-state index >= 15 is 0 Å². The summed E-state index contributed by atoms with van der Waals surface area (Å²) in [6.45, 7) is 2.86. The molecular formula is C15H19NO4. The van der Waals surface area contributed by atoms with Crippen LogP contribution in [-0.4, -0.2) is 42.1 Å². The predicted octanol–water partition coefficient (Wildman–Crippen LogP) is 1.88. The molecule has 5 heteroatoms. The largest absolute Gasteiger partial charge is 0.497 e. The molecule has 0 saturated carbocycles. The van der Waals surface area contributed by atoms with Gasteiger partial charge in [0.05, 0.1) is 13.0 Å². The summed E-state index contributed by atoms with van der Waals surface area (Å²) < 4.78 is 5.06. The molecule has 0 aliphatic carbocycles. The average molecular weight is 277 g/mol. The summed E-state index contributed by atoms with van der Waals surface area (Å²) in [6, 6.07) is 6.96. The molecule has 1 aliphatic rings. The first kappa shape index (κ1) is 14.4. The van der Waals surface area contributed by atoms with E-state index in [9.17, 15) is 9.59 Å².